The molecule has 0 saturated heterocycles. The highest BCUT2D eigenvalue weighted by atomic mass is 32.2. The zero-order chi connectivity index (χ0) is 24.7. The molecule has 35 heavy (non-hydrogen) atoms. The average molecular weight is 489 g/mol. The fraction of sp³-hybridized carbons (Fsp3) is 0.111. The number of carboxylic acids is 1. The number of hydrogen-bond donors (Lipinski definition) is 1. The number of sulfonamides is 1. The van der Waals surface area contributed by atoms with E-state index >= 15 is 0 Å². The van der Waals surface area contributed by atoms with Gasteiger partial charge in [-0.25, -0.2) is 13.2 Å². The van der Waals surface area contributed by atoms with Crippen molar-refractivity contribution >= 4 is 16.0 Å². The van der Waals surface area contributed by atoms with E-state index in [-0.39, 0.29) is 18.0 Å². The Balaban J connectivity index is 1.61. The van der Waals surface area contributed by atoms with E-state index in [1.807, 2.05) is 42.5 Å². The predicted molar refractivity (Wildman–Crippen MR) is 132 cm³/mol. The fourth-order valence-corrected chi connectivity index (χ4v) is 5.01. The van der Waals surface area contributed by atoms with Crippen LogP contribution in [-0.2, 0) is 27.9 Å². The normalized spacial score (nSPS) is 11.3. The van der Waals surface area contributed by atoms with Gasteiger partial charge in [-0.1, -0.05) is 60.7 Å². The molecule has 178 valence electrons. The second kappa shape index (κ2) is 10.9. The third kappa shape index (κ3) is 6.32. The van der Waals surface area contributed by atoms with Crippen LogP contribution in [0.15, 0.2) is 108 Å². The van der Waals surface area contributed by atoms with Crippen molar-refractivity contribution in [3.8, 4) is 17.0 Å². The SMILES string of the molecule is O=C(O)COc1cccc(CN(Cc2ccc(-c3ccccn3)cc2)S(=O)(=O)c2ccccc2)c1. The lowest BCUT2D eigenvalue weighted by Gasteiger charge is -2.23. The quantitative estimate of drug-likeness (QED) is 0.350. The standard InChI is InChI=1S/C27H24N2O5S/c30-27(31)20-34-24-8-6-7-22(17-24)19-29(35(32,33)25-9-2-1-3-10-25)18-21-12-14-23(15-13-21)26-11-4-5-16-28-26/h1-17H,18-20H2,(H,30,31). The highest BCUT2D eigenvalue weighted by molar-refractivity contribution is 7.89. The summed E-state index contributed by atoms with van der Waals surface area (Å²) >= 11 is 0. The van der Waals surface area contributed by atoms with Gasteiger partial charge < -0.3 is 9.84 Å². The van der Waals surface area contributed by atoms with E-state index in [0.29, 0.717) is 11.3 Å². The molecule has 0 unspecified atom stereocenters. The van der Waals surface area contributed by atoms with Crippen LogP contribution >= 0.6 is 0 Å². The average Bonchev–Trinajstić information content (AvgIpc) is 2.89. The molecule has 4 aromatic rings. The lowest BCUT2D eigenvalue weighted by Crippen LogP contribution is -2.30. The van der Waals surface area contributed by atoms with Crippen molar-refractivity contribution in [3.05, 3.63) is 114 Å². The molecule has 4 rings (SSSR count). The number of hydrogen-bond acceptors (Lipinski definition) is 5. The number of aromatic nitrogens is 1. The molecule has 7 nitrogen and oxygen atoms in total. The Morgan fingerprint density at radius 3 is 2.23 bits per heavy atom. The molecule has 0 atom stereocenters. The van der Waals surface area contributed by atoms with Gasteiger partial charge in [-0.2, -0.15) is 4.31 Å². The largest absolute Gasteiger partial charge is 0.482 e. The predicted octanol–water partition coefficient (Wildman–Crippen LogP) is 4.60. The van der Waals surface area contributed by atoms with E-state index in [1.165, 1.54) is 4.31 Å². The molecule has 8 heteroatoms. The van der Waals surface area contributed by atoms with Gasteiger partial charge in [0.1, 0.15) is 5.75 Å². The number of pyridine rings is 1. The highest BCUT2D eigenvalue weighted by Crippen LogP contribution is 2.24. The fourth-order valence-electron chi connectivity index (χ4n) is 3.57. The minimum Gasteiger partial charge on any atom is -0.482 e. The summed E-state index contributed by atoms with van der Waals surface area (Å²) in [6, 6.07) is 28.4. The monoisotopic (exact) mass is 488 g/mol. The summed E-state index contributed by atoms with van der Waals surface area (Å²) in [5.41, 5.74) is 3.28. The topological polar surface area (TPSA) is 96.8 Å². The van der Waals surface area contributed by atoms with Crippen LogP contribution in [0.1, 0.15) is 11.1 Å². The van der Waals surface area contributed by atoms with Gasteiger partial charge >= 0.3 is 5.97 Å². The Labute approximate surface area is 204 Å². The van der Waals surface area contributed by atoms with E-state index < -0.39 is 22.6 Å². The molecule has 0 amide bonds. The van der Waals surface area contributed by atoms with Crippen molar-refractivity contribution in [1.29, 1.82) is 0 Å². The molecule has 0 aliphatic carbocycles. The van der Waals surface area contributed by atoms with Crippen LogP contribution in [0.3, 0.4) is 0 Å². The Bertz CT molecular complexity index is 1380. The first-order valence-corrected chi connectivity index (χ1v) is 12.3. The van der Waals surface area contributed by atoms with E-state index in [2.05, 4.69) is 4.98 Å². The summed E-state index contributed by atoms with van der Waals surface area (Å²) in [7, 11) is -3.81. The number of ether oxygens (including phenoxy) is 1. The summed E-state index contributed by atoms with van der Waals surface area (Å²) in [6.07, 6.45) is 1.73. The first kappa shape index (κ1) is 24.1. The second-order valence-corrected chi connectivity index (χ2v) is 9.77. The van der Waals surface area contributed by atoms with E-state index in [4.69, 9.17) is 9.84 Å². The molecule has 0 aliphatic heterocycles. The van der Waals surface area contributed by atoms with Crippen LogP contribution in [0.25, 0.3) is 11.3 Å². The number of aliphatic carboxylic acids is 1. The third-order valence-corrected chi connectivity index (χ3v) is 7.08. The van der Waals surface area contributed by atoms with Crippen molar-refractivity contribution in [3.63, 3.8) is 0 Å². The maximum atomic E-state index is 13.5. The van der Waals surface area contributed by atoms with Crippen LogP contribution in [0.5, 0.6) is 5.75 Å². The van der Waals surface area contributed by atoms with Crippen LogP contribution < -0.4 is 4.74 Å². The summed E-state index contributed by atoms with van der Waals surface area (Å²) in [4.78, 5) is 15.4. The molecular weight excluding hydrogens is 464 g/mol. The minimum atomic E-state index is -3.81. The number of carbonyl (C=O) groups is 1. The molecular formula is C27H24N2O5S. The zero-order valence-electron chi connectivity index (χ0n) is 18.8. The Morgan fingerprint density at radius 1 is 0.829 bits per heavy atom. The van der Waals surface area contributed by atoms with Crippen molar-refractivity contribution in [2.75, 3.05) is 6.61 Å². The maximum Gasteiger partial charge on any atom is 0.341 e. The summed E-state index contributed by atoms with van der Waals surface area (Å²) in [6.45, 7) is -0.235. The molecule has 0 bridgehead atoms. The summed E-state index contributed by atoms with van der Waals surface area (Å²) in [5, 5.41) is 8.86. The van der Waals surface area contributed by atoms with Gasteiger partial charge in [-0.15, -0.1) is 0 Å². The first-order chi connectivity index (χ1) is 16.9. The smallest absolute Gasteiger partial charge is 0.341 e. The summed E-state index contributed by atoms with van der Waals surface area (Å²) < 4.78 is 33.7. The Kier molecular flexibility index (Phi) is 7.54. The minimum absolute atomic E-state index is 0.0868. The molecule has 3 aromatic carbocycles. The van der Waals surface area contributed by atoms with Crippen molar-refractivity contribution in [2.24, 2.45) is 0 Å². The number of rotatable bonds is 10. The van der Waals surface area contributed by atoms with Crippen LogP contribution in [0, 0.1) is 0 Å². The molecule has 0 spiro atoms. The van der Waals surface area contributed by atoms with Crippen LogP contribution in [0.4, 0.5) is 0 Å². The molecule has 0 radical (unpaired) electrons. The number of carboxylic acid groups (broad SMARTS) is 1. The van der Waals surface area contributed by atoms with Gasteiger partial charge in [0.2, 0.25) is 10.0 Å². The van der Waals surface area contributed by atoms with E-state index in [0.717, 1.165) is 16.8 Å². The molecule has 1 N–H and O–H groups in total. The van der Waals surface area contributed by atoms with Gasteiger partial charge in [0.05, 0.1) is 10.6 Å². The maximum absolute atomic E-state index is 13.5. The van der Waals surface area contributed by atoms with Gasteiger partial charge in [-0.05, 0) is 47.5 Å². The van der Waals surface area contributed by atoms with Crippen LogP contribution in [-0.4, -0.2) is 35.4 Å². The molecule has 0 aliphatic rings. The molecule has 1 heterocycles. The second-order valence-electron chi connectivity index (χ2n) is 7.83. The van der Waals surface area contributed by atoms with Gasteiger partial charge in [-0.3, -0.25) is 4.98 Å². The third-order valence-electron chi connectivity index (χ3n) is 5.27. The van der Waals surface area contributed by atoms with E-state index in [1.54, 1.807) is 60.8 Å². The molecule has 1 aromatic heterocycles. The van der Waals surface area contributed by atoms with E-state index in [9.17, 15) is 13.2 Å². The van der Waals surface area contributed by atoms with Crippen LogP contribution in [0.2, 0.25) is 0 Å². The lowest BCUT2D eigenvalue weighted by molar-refractivity contribution is -0.139. The van der Waals surface area contributed by atoms with Gasteiger partial charge in [0, 0.05) is 24.8 Å². The first-order valence-electron chi connectivity index (χ1n) is 10.9. The Hall–Kier alpha value is -4.01. The zero-order valence-corrected chi connectivity index (χ0v) is 19.6. The van der Waals surface area contributed by atoms with Gasteiger partial charge in [0.25, 0.3) is 0 Å². The Morgan fingerprint density at radius 2 is 1.54 bits per heavy atom. The summed E-state index contributed by atoms with van der Waals surface area (Å²) in [5.74, 6) is -0.723. The lowest BCUT2D eigenvalue weighted by atomic mass is 10.1. The molecule has 0 saturated carbocycles. The van der Waals surface area contributed by atoms with Crippen molar-refractivity contribution in [2.45, 2.75) is 18.0 Å². The van der Waals surface area contributed by atoms with Crippen molar-refractivity contribution < 1.29 is 23.1 Å². The van der Waals surface area contributed by atoms with Gasteiger partial charge in [0.15, 0.2) is 6.61 Å². The van der Waals surface area contributed by atoms with Crippen molar-refractivity contribution in [1.82, 2.24) is 9.29 Å². The molecule has 0 fully saturated rings. The number of nitrogens with zero attached hydrogens (tertiary/aromatic N) is 2. The highest BCUT2D eigenvalue weighted by Gasteiger charge is 2.25. The number of benzene rings is 3.